The maximum atomic E-state index is 13.3. The van der Waals surface area contributed by atoms with Gasteiger partial charge < -0.3 is 14.8 Å². The van der Waals surface area contributed by atoms with Gasteiger partial charge in [-0.25, -0.2) is 0 Å². The number of thioether (sulfide) groups is 1. The van der Waals surface area contributed by atoms with Gasteiger partial charge in [0.15, 0.2) is 0 Å². The van der Waals surface area contributed by atoms with Gasteiger partial charge in [0, 0.05) is 22.1 Å². The summed E-state index contributed by atoms with van der Waals surface area (Å²) in [5, 5.41) is 14.9. The number of hydrogen-bond acceptors (Lipinski definition) is 6. The Morgan fingerprint density at radius 2 is 1.82 bits per heavy atom. The van der Waals surface area contributed by atoms with E-state index in [1.165, 1.54) is 41.2 Å². The molecule has 0 amide bonds. The van der Waals surface area contributed by atoms with Crippen LogP contribution in [0, 0.1) is 36.0 Å². The van der Waals surface area contributed by atoms with E-state index in [0.29, 0.717) is 48.1 Å². The third-order valence-corrected chi connectivity index (χ3v) is 11.8. The minimum Gasteiger partial charge on any atom is -0.405 e. The third kappa shape index (κ3) is 8.57. The maximum Gasteiger partial charge on any atom is 0.573 e. The summed E-state index contributed by atoms with van der Waals surface area (Å²) < 4.78 is 51.0. The summed E-state index contributed by atoms with van der Waals surface area (Å²) in [5.74, 6) is 1.52. The van der Waals surface area contributed by atoms with Gasteiger partial charge >= 0.3 is 6.36 Å². The van der Waals surface area contributed by atoms with Crippen LogP contribution < -0.4 is 10.1 Å². The van der Waals surface area contributed by atoms with Crippen molar-refractivity contribution in [2.75, 3.05) is 13.2 Å². The van der Waals surface area contributed by atoms with Crippen LogP contribution in [0.3, 0.4) is 0 Å². The largest absolute Gasteiger partial charge is 0.573 e. The summed E-state index contributed by atoms with van der Waals surface area (Å²) in [6.07, 6.45) is 3.76. The Morgan fingerprint density at radius 3 is 2.47 bits per heavy atom. The van der Waals surface area contributed by atoms with E-state index in [1.54, 1.807) is 30.0 Å². The molecule has 2 aromatic rings. The molecule has 4 aliphatic rings. The highest BCUT2D eigenvalue weighted by atomic mass is 32.2. The topological polar surface area (TPSA) is 66.6 Å². The van der Waals surface area contributed by atoms with Crippen molar-refractivity contribution in [3.63, 3.8) is 0 Å². The predicted molar refractivity (Wildman–Crippen MR) is 190 cm³/mol. The van der Waals surface area contributed by atoms with Gasteiger partial charge in [0.2, 0.25) is 0 Å². The van der Waals surface area contributed by atoms with Crippen molar-refractivity contribution in [1.82, 2.24) is 5.32 Å². The first kappa shape index (κ1) is 35.6. The molecule has 0 aromatic heterocycles. The van der Waals surface area contributed by atoms with Crippen LogP contribution in [-0.2, 0) is 4.74 Å². The molecular formula is C40H48F3N3O2S. The van der Waals surface area contributed by atoms with Crippen LogP contribution >= 0.6 is 11.8 Å². The van der Waals surface area contributed by atoms with Crippen molar-refractivity contribution < 1.29 is 22.6 Å². The number of para-hydroxylation sites is 1. The van der Waals surface area contributed by atoms with Crippen molar-refractivity contribution in [1.29, 1.82) is 5.26 Å². The Kier molecular flexibility index (Phi) is 10.9. The van der Waals surface area contributed by atoms with Gasteiger partial charge in [0.1, 0.15) is 5.75 Å². The zero-order valence-corrected chi connectivity index (χ0v) is 30.1. The molecule has 1 N–H and O–H groups in total. The first-order valence-electron chi connectivity index (χ1n) is 17.9. The van der Waals surface area contributed by atoms with E-state index < -0.39 is 6.36 Å². The van der Waals surface area contributed by atoms with Crippen molar-refractivity contribution >= 4 is 17.5 Å². The molecule has 5 nitrogen and oxygen atoms in total. The standard InChI is InChI=1S/C40H48F3N3O2S/c1-6-9-29-19-30(47-22-34-33(28-14-15-28)21-45-38(34)31-10-7-8-11-35(31)48-40(41,42)43)16-24(4)37(29)46-39(23(2)3)49-36-18-26(20-44)17-32(25(36)5)27-12-13-27/h7-8,10-11,17-18,24,27-30,37,46H,6,9,12-16,19,21-22H2,1-5H3. The second-order valence-corrected chi connectivity index (χ2v) is 15.6. The highest BCUT2D eigenvalue weighted by Crippen LogP contribution is 2.46. The monoisotopic (exact) mass is 691 g/mol. The summed E-state index contributed by atoms with van der Waals surface area (Å²) >= 11 is 1.75. The molecular weight excluding hydrogens is 644 g/mol. The first-order chi connectivity index (χ1) is 23.5. The predicted octanol–water partition coefficient (Wildman–Crippen LogP) is 10.4. The van der Waals surface area contributed by atoms with Gasteiger partial charge in [-0.3, -0.25) is 4.99 Å². The van der Waals surface area contributed by atoms with Crippen LogP contribution in [0.25, 0.3) is 0 Å². The van der Waals surface area contributed by atoms with Crippen LogP contribution in [0.15, 0.2) is 68.0 Å². The lowest BCUT2D eigenvalue weighted by Crippen LogP contribution is -2.47. The fourth-order valence-corrected chi connectivity index (χ4v) is 8.78. The fourth-order valence-electron chi connectivity index (χ4n) is 7.71. The number of rotatable bonds is 13. The minimum absolute atomic E-state index is 0.0412. The van der Waals surface area contributed by atoms with Gasteiger partial charge in [-0.15, -0.1) is 13.2 Å². The molecule has 1 heterocycles. The van der Waals surface area contributed by atoms with Gasteiger partial charge in [0.05, 0.1) is 41.6 Å². The van der Waals surface area contributed by atoms with Gasteiger partial charge in [-0.05, 0) is 136 Å². The molecule has 3 saturated carbocycles. The van der Waals surface area contributed by atoms with Crippen molar-refractivity contribution in [2.45, 2.75) is 115 Å². The number of ether oxygens (including phenoxy) is 2. The molecule has 9 heteroatoms. The van der Waals surface area contributed by atoms with Crippen LogP contribution in [0.5, 0.6) is 5.75 Å². The normalized spacial score (nSPS) is 24.0. The summed E-state index contributed by atoms with van der Waals surface area (Å²) in [5.41, 5.74) is 7.63. The van der Waals surface area contributed by atoms with E-state index in [4.69, 9.17) is 9.73 Å². The number of halogens is 3. The van der Waals surface area contributed by atoms with E-state index in [9.17, 15) is 18.4 Å². The number of allylic oxidation sites excluding steroid dienone is 1. The van der Waals surface area contributed by atoms with Gasteiger partial charge in [0.25, 0.3) is 0 Å². The van der Waals surface area contributed by atoms with E-state index in [1.807, 2.05) is 6.07 Å². The van der Waals surface area contributed by atoms with Gasteiger partial charge in [-0.1, -0.05) is 44.2 Å². The minimum atomic E-state index is -4.78. The van der Waals surface area contributed by atoms with Crippen molar-refractivity contribution in [3.05, 3.63) is 80.4 Å². The Labute approximate surface area is 293 Å². The highest BCUT2D eigenvalue weighted by molar-refractivity contribution is 8.03. The lowest BCUT2D eigenvalue weighted by molar-refractivity contribution is -0.274. The van der Waals surface area contributed by atoms with Crippen LogP contribution in [0.2, 0.25) is 0 Å². The smallest absolute Gasteiger partial charge is 0.405 e. The highest BCUT2D eigenvalue weighted by Gasteiger charge is 2.39. The molecule has 4 atom stereocenters. The van der Waals surface area contributed by atoms with E-state index >= 15 is 0 Å². The Bertz CT molecular complexity index is 1680. The summed E-state index contributed by atoms with van der Waals surface area (Å²) in [7, 11) is 0. The lowest BCUT2D eigenvalue weighted by Gasteiger charge is -2.42. The molecule has 262 valence electrons. The average molecular weight is 692 g/mol. The zero-order valence-electron chi connectivity index (χ0n) is 29.3. The number of benzene rings is 2. The molecule has 49 heavy (non-hydrogen) atoms. The number of hydrogen-bond donors (Lipinski definition) is 1. The number of aliphatic imine (C=N–C) groups is 1. The van der Waals surface area contributed by atoms with Crippen molar-refractivity contribution in [3.8, 4) is 11.8 Å². The second kappa shape index (κ2) is 14.9. The van der Waals surface area contributed by atoms with E-state index in [2.05, 4.69) is 56.8 Å². The molecule has 0 radical (unpaired) electrons. The van der Waals surface area contributed by atoms with Crippen LogP contribution in [0.4, 0.5) is 13.2 Å². The molecule has 4 unspecified atom stereocenters. The Balaban J connectivity index is 1.17. The molecule has 3 fully saturated rings. The maximum absolute atomic E-state index is 13.3. The van der Waals surface area contributed by atoms with E-state index in [-0.39, 0.29) is 17.9 Å². The third-order valence-electron chi connectivity index (χ3n) is 10.5. The molecule has 6 rings (SSSR count). The molecule has 1 aliphatic heterocycles. The van der Waals surface area contributed by atoms with Crippen LogP contribution in [-0.4, -0.2) is 37.4 Å². The number of nitrogens with zero attached hydrogens (tertiary/aromatic N) is 2. The molecule has 0 bridgehead atoms. The molecule has 0 saturated heterocycles. The zero-order chi connectivity index (χ0) is 34.9. The SMILES string of the molecule is CCCC1CC(OCC2=C(C3CC3)CN=C2c2ccccc2OC(F)(F)F)CC(C)C1NC(Sc1cc(C#N)cc(C2CC2)c1C)=C(C)C. The lowest BCUT2D eigenvalue weighted by atomic mass is 9.74. The fraction of sp³-hybridized carbons (Fsp3) is 0.550. The Hall–Kier alpha value is -3.22. The quantitative estimate of drug-likeness (QED) is 0.212. The van der Waals surface area contributed by atoms with E-state index in [0.717, 1.165) is 59.6 Å². The second-order valence-electron chi connectivity index (χ2n) is 14.6. The molecule has 0 spiro atoms. The summed E-state index contributed by atoms with van der Waals surface area (Å²) in [6.45, 7) is 11.9. The summed E-state index contributed by atoms with van der Waals surface area (Å²) in [4.78, 5) is 5.91. The van der Waals surface area contributed by atoms with Gasteiger partial charge in [-0.2, -0.15) is 5.26 Å². The molecule has 2 aromatic carbocycles. The molecule has 3 aliphatic carbocycles. The number of nitriles is 1. The number of nitrogens with one attached hydrogen (secondary N) is 1. The first-order valence-corrected chi connectivity index (χ1v) is 18.7. The average Bonchev–Trinajstić information content (AvgIpc) is 4.00. The summed E-state index contributed by atoms with van der Waals surface area (Å²) in [6, 6.07) is 13.1. The Morgan fingerprint density at radius 1 is 1.08 bits per heavy atom. The van der Waals surface area contributed by atoms with Crippen LogP contribution in [0.1, 0.15) is 107 Å². The van der Waals surface area contributed by atoms with Crippen molar-refractivity contribution in [2.24, 2.45) is 22.7 Å². The number of alkyl halides is 3.